The Balaban J connectivity index is 1.59. The van der Waals surface area contributed by atoms with Crippen molar-refractivity contribution in [2.24, 2.45) is 11.8 Å². The quantitative estimate of drug-likeness (QED) is 0.797. The lowest BCUT2D eigenvalue weighted by atomic mass is 9.66. The summed E-state index contributed by atoms with van der Waals surface area (Å²) in [6.45, 7) is 0.972. The zero-order valence-corrected chi connectivity index (χ0v) is 10.4. The van der Waals surface area contributed by atoms with E-state index in [1.165, 1.54) is 24.8 Å². The Bertz CT molecular complexity index is 371. The summed E-state index contributed by atoms with van der Waals surface area (Å²) in [4.78, 5) is 0. The largest absolute Gasteiger partial charge is 0.497 e. The van der Waals surface area contributed by atoms with Gasteiger partial charge < -0.3 is 9.47 Å². The first-order valence-corrected chi connectivity index (χ1v) is 6.61. The van der Waals surface area contributed by atoms with Crippen LogP contribution >= 0.6 is 0 Å². The first-order chi connectivity index (χ1) is 8.36. The van der Waals surface area contributed by atoms with Crippen molar-refractivity contribution < 1.29 is 9.47 Å². The minimum absolute atomic E-state index is 0.547. The van der Waals surface area contributed by atoms with Crippen LogP contribution in [-0.2, 0) is 11.2 Å². The van der Waals surface area contributed by atoms with Crippen LogP contribution in [0.1, 0.15) is 24.8 Å². The third-order valence-corrected chi connectivity index (χ3v) is 4.22. The summed E-state index contributed by atoms with van der Waals surface area (Å²) in [6, 6.07) is 8.45. The molecule has 0 N–H and O–H groups in total. The minimum atomic E-state index is 0.547. The van der Waals surface area contributed by atoms with Crippen molar-refractivity contribution >= 4 is 0 Å². The minimum Gasteiger partial charge on any atom is -0.497 e. The van der Waals surface area contributed by atoms with E-state index in [0.717, 1.165) is 30.6 Å². The van der Waals surface area contributed by atoms with Gasteiger partial charge in [0.2, 0.25) is 0 Å². The van der Waals surface area contributed by atoms with Gasteiger partial charge in [-0.25, -0.2) is 0 Å². The highest BCUT2D eigenvalue weighted by molar-refractivity contribution is 5.27. The predicted octanol–water partition coefficient (Wildman–Crippen LogP) is 3.05. The Labute approximate surface area is 103 Å². The van der Waals surface area contributed by atoms with E-state index in [4.69, 9.17) is 9.47 Å². The van der Waals surface area contributed by atoms with Gasteiger partial charge in [0.25, 0.3) is 0 Å². The summed E-state index contributed by atoms with van der Waals surface area (Å²) in [6.07, 6.45) is 5.70. The Morgan fingerprint density at radius 2 is 2.12 bits per heavy atom. The van der Waals surface area contributed by atoms with Gasteiger partial charge in [-0.15, -0.1) is 0 Å². The number of rotatable bonds is 3. The number of methoxy groups -OCH3 is 1. The molecule has 1 saturated carbocycles. The van der Waals surface area contributed by atoms with Crippen molar-refractivity contribution in [3.63, 3.8) is 0 Å². The normalized spacial score (nSPS) is 31.5. The summed E-state index contributed by atoms with van der Waals surface area (Å²) < 4.78 is 11.1. The number of fused-ring (bicyclic) bond motifs is 1. The lowest BCUT2D eigenvalue weighted by Gasteiger charge is -2.47. The fourth-order valence-electron chi connectivity index (χ4n) is 3.23. The van der Waals surface area contributed by atoms with Crippen LogP contribution in [0.15, 0.2) is 24.3 Å². The Hall–Kier alpha value is -1.02. The first kappa shape index (κ1) is 11.1. The maximum absolute atomic E-state index is 5.88. The molecule has 1 saturated heterocycles. The summed E-state index contributed by atoms with van der Waals surface area (Å²) in [7, 11) is 1.71. The van der Waals surface area contributed by atoms with Crippen LogP contribution in [0.5, 0.6) is 5.75 Å². The molecular weight excluding hydrogens is 212 g/mol. The van der Waals surface area contributed by atoms with E-state index in [9.17, 15) is 0 Å². The molecule has 2 nitrogen and oxygen atoms in total. The van der Waals surface area contributed by atoms with Crippen molar-refractivity contribution in [1.82, 2.24) is 0 Å². The molecule has 1 heterocycles. The monoisotopic (exact) mass is 232 g/mol. The zero-order chi connectivity index (χ0) is 11.7. The molecule has 0 radical (unpaired) electrons. The van der Waals surface area contributed by atoms with E-state index >= 15 is 0 Å². The van der Waals surface area contributed by atoms with E-state index in [1.54, 1.807) is 7.11 Å². The van der Waals surface area contributed by atoms with Crippen LogP contribution in [0.4, 0.5) is 0 Å². The molecule has 3 atom stereocenters. The predicted molar refractivity (Wildman–Crippen MR) is 67.3 cm³/mol. The molecule has 0 aromatic heterocycles. The smallest absolute Gasteiger partial charge is 0.118 e. The number of hydrogen-bond donors (Lipinski definition) is 0. The highest BCUT2D eigenvalue weighted by Gasteiger charge is 2.42. The third kappa shape index (κ3) is 2.19. The molecule has 2 heteroatoms. The third-order valence-electron chi connectivity index (χ3n) is 4.22. The average molecular weight is 232 g/mol. The van der Waals surface area contributed by atoms with Crippen molar-refractivity contribution in [2.45, 2.75) is 31.8 Å². The van der Waals surface area contributed by atoms with Crippen molar-refractivity contribution in [2.75, 3.05) is 13.7 Å². The summed E-state index contributed by atoms with van der Waals surface area (Å²) in [5, 5.41) is 0. The lowest BCUT2D eigenvalue weighted by molar-refractivity contribution is -0.126. The van der Waals surface area contributed by atoms with E-state index < -0.39 is 0 Å². The molecule has 1 aromatic rings. The van der Waals surface area contributed by atoms with Gasteiger partial charge in [0.15, 0.2) is 0 Å². The number of ether oxygens (including phenoxy) is 2. The molecule has 17 heavy (non-hydrogen) atoms. The average Bonchev–Trinajstić information content (AvgIpc) is 2.37. The maximum Gasteiger partial charge on any atom is 0.118 e. The molecule has 0 spiro atoms. The van der Waals surface area contributed by atoms with Crippen molar-refractivity contribution in [3.05, 3.63) is 29.8 Å². The summed E-state index contributed by atoms with van der Waals surface area (Å²) in [5.74, 6) is 2.54. The Kier molecular flexibility index (Phi) is 3.06. The highest BCUT2D eigenvalue weighted by atomic mass is 16.5. The molecule has 0 bridgehead atoms. The van der Waals surface area contributed by atoms with Gasteiger partial charge in [-0.2, -0.15) is 0 Å². The zero-order valence-electron chi connectivity index (χ0n) is 10.4. The van der Waals surface area contributed by atoms with E-state index in [1.807, 2.05) is 12.1 Å². The molecule has 0 unspecified atom stereocenters. The van der Waals surface area contributed by atoms with Crippen LogP contribution in [0.2, 0.25) is 0 Å². The van der Waals surface area contributed by atoms with Crippen LogP contribution in [-0.4, -0.2) is 19.8 Å². The molecule has 1 aromatic carbocycles. The van der Waals surface area contributed by atoms with Crippen molar-refractivity contribution in [1.29, 1.82) is 0 Å². The molecule has 3 rings (SSSR count). The fourth-order valence-corrected chi connectivity index (χ4v) is 3.23. The second-order valence-corrected chi connectivity index (χ2v) is 5.29. The number of benzene rings is 1. The topological polar surface area (TPSA) is 18.5 Å². The molecule has 0 amide bonds. The van der Waals surface area contributed by atoms with Gasteiger partial charge in [-0.05, 0) is 55.2 Å². The SMILES string of the molecule is COc1ccc(C[C@H]2C[C@H]3CCCO[C@H]32)cc1. The van der Waals surface area contributed by atoms with Crippen LogP contribution in [0.3, 0.4) is 0 Å². The van der Waals surface area contributed by atoms with Crippen LogP contribution in [0.25, 0.3) is 0 Å². The van der Waals surface area contributed by atoms with E-state index in [-0.39, 0.29) is 0 Å². The molecule has 1 aliphatic heterocycles. The van der Waals surface area contributed by atoms with E-state index in [2.05, 4.69) is 12.1 Å². The van der Waals surface area contributed by atoms with Gasteiger partial charge in [0.05, 0.1) is 13.2 Å². The molecule has 1 aliphatic carbocycles. The van der Waals surface area contributed by atoms with Gasteiger partial charge in [-0.1, -0.05) is 12.1 Å². The standard InChI is InChI=1S/C15H20O2/c1-16-14-6-4-11(5-7-14)9-13-10-12-3-2-8-17-15(12)13/h4-7,12-13,15H,2-3,8-10H2,1H3/t12-,13+,15-/m1/s1. The van der Waals surface area contributed by atoms with Crippen LogP contribution < -0.4 is 4.74 Å². The second-order valence-electron chi connectivity index (χ2n) is 5.29. The van der Waals surface area contributed by atoms with Gasteiger partial charge in [0, 0.05) is 6.61 Å². The molecular formula is C15H20O2. The second kappa shape index (κ2) is 4.69. The Morgan fingerprint density at radius 3 is 2.82 bits per heavy atom. The fraction of sp³-hybridized carbons (Fsp3) is 0.600. The van der Waals surface area contributed by atoms with Gasteiger partial charge in [-0.3, -0.25) is 0 Å². The summed E-state index contributed by atoms with van der Waals surface area (Å²) >= 11 is 0. The Morgan fingerprint density at radius 1 is 1.29 bits per heavy atom. The molecule has 92 valence electrons. The van der Waals surface area contributed by atoms with Gasteiger partial charge >= 0.3 is 0 Å². The molecule has 2 fully saturated rings. The van der Waals surface area contributed by atoms with E-state index in [0.29, 0.717) is 6.10 Å². The van der Waals surface area contributed by atoms with Gasteiger partial charge in [0.1, 0.15) is 5.75 Å². The summed E-state index contributed by atoms with van der Waals surface area (Å²) in [5.41, 5.74) is 1.41. The highest BCUT2D eigenvalue weighted by Crippen LogP contribution is 2.43. The first-order valence-electron chi connectivity index (χ1n) is 6.61. The maximum atomic E-state index is 5.88. The van der Waals surface area contributed by atoms with Crippen LogP contribution in [0, 0.1) is 11.8 Å². The molecule has 2 aliphatic rings. The number of hydrogen-bond acceptors (Lipinski definition) is 2. The lowest BCUT2D eigenvalue weighted by Crippen LogP contribution is -2.47. The van der Waals surface area contributed by atoms with Crippen molar-refractivity contribution in [3.8, 4) is 5.75 Å².